The number of allylic oxidation sites excluding steroid dienone is 3. The monoisotopic (exact) mass is 167 g/mol. The minimum atomic E-state index is 1.02. The average Bonchev–Trinajstić information content (AvgIpc) is 2.08. The molecular weight excluding hydrogens is 146 g/mol. The van der Waals surface area contributed by atoms with Gasteiger partial charge in [-0.3, -0.25) is 0 Å². The van der Waals surface area contributed by atoms with Crippen molar-refractivity contribution < 1.29 is 0 Å². The molecule has 0 fully saturated rings. The number of nitrogens with one attached hydrogen (secondary N) is 1. The van der Waals surface area contributed by atoms with E-state index in [4.69, 9.17) is 0 Å². The zero-order valence-corrected chi connectivity index (χ0v) is 8.56. The molecule has 12 heavy (non-hydrogen) atoms. The van der Waals surface area contributed by atoms with E-state index in [9.17, 15) is 0 Å². The molecule has 0 heterocycles. The van der Waals surface area contributed by atoms with Crippen LogP contribution in [0.2, 0.25) is 0 Å². The number of hydrogen-bond donors (Lipinski definition) is 1. The van der Waals surface area contributed by atoms with Crippen molar-refractivity contribution >= 4 is 0 Å². The van der Waals surface area contributed by atoms with Crippen LogP contribution in [-0.2, 0) is 0 Å². The Hall–Kier alpha value is -0.720. The fourth-order valence-electron chi connectivity index (χ4n) is 0.949. The van der Waals surface area contributed by atoms with Crippen LogP contribution in [0.4, 0.5) is 0 Å². The smallest absolute Gasteiger partial charge is 0.0296 e. The summed E-state index contributed by atoms with van der Waals surface area (Å²) >= 11 is 0. The Bertz CT molecular complexity index is 145. The first-order chi connectivity index (χ1) is 5.85. The van der Waals surface area contributed by atoms with Crippen LogP contribution in [0.1, 0.15) is 40.0 Å². The van der Waals surface area contributed by atoms with Gasteiger partial charge >= 0.3 is 0 Å². The molecule has 0 unspecified atom stereocenters. The predicted octanol–water partition coefficient (Wildman–Crippen LogP) is 3.25. The summed E-state index contributed by atoms with van der Waals surface area (Å²) < 4.78 is 0. The molecule has 0 amide bonds. The van der Waals surface area contributed by atoms with Crippen LogP contribution in [0.25, 0.3) is 0 Å². The molecule has 1 nitrogen and oxygen atoms in total. The van der Waals surface area contributed by atoms with Crippen LogP contribution in [0, 0.1) is 0 Å². The molecule has 0 radical (unpaired) electrons. The van der Waals surface area contributed by atoms with Crippen molar-refractivity contribution in [3.05, 3.63) is 23.9 Å². The quantitative estimate of drug-likeness (QED) is 0.665. The lowest BCUT2D eigenvalue weighted by Gasteiger charge is -2.06. The molecule has 1 aliphatic rings. The van der Waals surface area contributed by atoms with Gasteiger partial charge in [-0.15, -0.1) is 0 Å². The van der Waals surface area contributed by atoms with Crippen molar-refractivity contribution in [2.45, 2.75) is 40.0 Å². The van der Waals surface area contributed by atoms with Gasteiger partial charge in [-0.25, -0.2) is 0 Å². The molecule has 0 saturated heterocycles. The number of rotatable bonds is 2. The Morgan fingerprint density at radius 2 is 1.92 bits per heavy atom. The highest BCUT2D eigenvalue weighted by molar-refractivity contribution is 5.19. The summed E-state index contributed by atoms with van der Waals surface area (Å²) in [5.74, 6) is 0. The second-order valence-corrected chi connectivity index (χ2v) is 2.88. The molecule has 70 valence electrons. The van der Waals surface area contributed by atoms with Gasteiger partial charge < -0.3 is 5.32 Å². The topological polar surface area (TPSA) is 12.0 Å². The lowest BCUT2D eigenvalue weighted by atomic mass is 10.1. The SMILES string of the molecule is CCC.CCNC1=CCCC=C1. The molecule has 1 heteroatoms. The third-order valence-electron chi connectivity index (χ3n) is 1.38. The maximum absolute atomic E-state index is 3.26. The third kappa shape index (κ3) is 6.02. The molecular formula is C11H21N. The van der Waals surface area contributed by atoms with Gasteiger partial charge in [-0.05, 0) is 25.8 Å². The van der Waals surface area contributed by atoms with Gasteiger partial charge in [0, 0.05) is 12.2 Å². The van der Waals surface area contributed by atoms with Crippen LogP contribution >= 0.6 is 0 Å². The summed E-state index contributed by atoms with van der Waals surface area (Å²) in [6.07, 6.45) is 10.2. The fourth-order valence-corrected chi connectivity index (χ4v) is 0.949. The van der Waals surface area contributed by atoms with E-state index < -0.39 is 0 Å². The second kappa shape index (κ2) is 8.38. The normalized spacial score (nSPS) is 14.4. The average molecular weight is 167 g/mol. The standard InChI is InChI=1S/C8H13N.C3H8/c1-2-9-8-6-4-3-5-7-8;1-3-2/h4,6-7,9H,2-3,5H2,1H3;3H2,1-2H3. The largest absolute Gasteiger partial charge is 0.386 e. The van der Waals surface area contributed by atoms with Crippen molar-refractivity contribution in [3.8, 4) is 0 Å². The Morgan fingerprint density at radius 3 is 2.33 bits per heavy atom. The molecule has 1 rings (SSSR count). The van der Waals surface area contributed by atoms with E-state index in [-0.39, 0.29) is 0 Å². The molecule has 0 aromatic heterocycles. The van der Waals surface area contributed by atoms with E-state index in [2.05, 4.69) is 44.3 Å². The summed E-state index contributed by atoms with van der Waals surface area (Å²) in [5.41, 5.74) is 1.28. The first kappa shape index (κ1) is 11.3. The van der Waals surface area contributed by atoms with Crippen LogP contribution < -0.4 is 5.32 Å². The number of hydrogen-bond acceptors (Lipinski definition) is 1. The van der Waals surface area contributed by atoms with Gasteiger partial charge in [-0.2, -0.15) is 0 Å². The lowest BCUT2D eigenvalue weighted by Crippen LogP contribution is -2.11. The summed E-state index contributed by atoms with van der Waals surface area (Å²) in [6, 6.07) is 0. The maximum atomic E-state index is 3.26. The first-order valence-corrected chi connectivity index (χ1v) is 4.95. The van der Waals surface area contributed by atoms with Crippen molar-refractivity contribution in [1.82, 2.24) is 5.32 Å². The number of likely N-dealkylation sites (N-methyl/N-ethyl adjacent to an activating group) is 1. The summed E-state index contributed by atoms with van der Waals surface area (Å²) in [6.45, 7) is 7.39. The van der Waals surface area contributed by atoms with E-state index in [0.29, 0.717) is 0 Å². The van der Waals surface area contributed by atoms with E-state index in [1.54, 1.807) is 0 Å². The molecule has 0 spiro atoms. The second-order valence-electron chi connectivity index (χ2n) is 2.88. The Kier molecular flexibility index (Phi) is 7.87. The molecule has 1 N–H and O–H groups in total. The van der Waals surface area contributed by atoms with Gasteiger partial charge in [0.25, 0.3) is 0 Å². The van der Waals surface area contributed by atoms with Crippen LogP contribution in [0.3, 0.4) is 0 Å². The predicted molar refractivity (Wildman–Crippen MR) is 56.1 cm³/mol. The highest BCUT2D eigenvalue weighted by atomic mass is 14.9. The minimum absolute atomic E-state index is 1.02. The van der Waals surface area contributed by atoms with E-state index in [1.807, 2.05) is 0 Å². The summed E-state index contributed by atoms with van der Waals surface area (Å²) in [7, 11) is 0. The van der Waals surface area contributed by atoms with Gasteiger partial charge in [0.15, 0.2) is 0 Å². The lowest BCUT2D eigenvalue weighted by molar-refractivity contribution is 0.850. The fraction of sp³-hybridized carbons (Fsp3) is 0.636. The van der Waals surface area contributed by atoms with Gasteiger partial charge in [0.2, 0.25) is 0 Å². The Labute approximate surface area is 76.6 Å². The zero-order valence-electron chi connectivity index (χ0n) is 8.56. The molecule has 0 aromatic carbocycles. The van der Waals surface area contributed by atoms with E-state index >= 15 is 0 Å². The van der Waals surface area contributed by atoms with E-state index in [1.165, 1.54) is 25.0 Å². The van der Waals surface area contributed by atoms with E-state index in [0.717, 1.165) is 6.54 Å². The van der Waals surface area contributed by atoms with Crippen LogP contribution in [0.5, 0.6) is 0 Å². The highest BCUT2D eigenvalue weighted by Crippen LogP contribution is 2.05. The Morgan fingerprint density at radius 1 is 1.25 bits per heavy atom. The summed E-state index contributed by atoms with van der Waals surface area (Å²) in [5, 5.41) is 3.26. The van der Waals surface area contributed by atoms with Crippen molar-refractivity contribution in [2.75, 3.05) is 6.54 Å². The summed E-state index contributed by atoms with van der Waals surface area (Å²) in [4.78, 5) is 0. The van der Waals surface area contributed by atoms with Crippen LogP contribution in [0.15, 0.2) is 23.9 Å². The van der Waals surface area contributed by atoms with Gasteiger partial charge in [0.05, 0.1) is 0 Å². The molecule has 0 bridgehead atoms. The minimum Gasteiger partial charge on any atom is -0.386 e. The Balaban J connectivity index is 0.000000354. The van der Waals surface area contributed by atoms with Crippen molar-refractivity contribution in [2.24, 2.45) is 0 Å². The van der Waals surface area contributed by atoms with Crippen LogP contribution in [-0.4, -0.2) is 6.54 Å². The van der Waals surface area contributed by atoms with Gasteiger partial charge in [-0.1, -0.05) is 32.4 Å². The molecule has 0 aromatic rings. The molecule has 1 aliphatic carbocycles. The van der Waals surface area contributed by atoms with Crippen molar-refractivity contribution in [1.29, 1.82) is 0 Å². The molecule has 0 aliphatic heterocycles. The third-order valence-corrected chi connectivity index (χ3v) is 1.38. The molecule has 0 saturated carbocycles. The highest BCUT2D eigenvalue weighted by Gasteiger charge is 1.92. The first-order valence-electron chi connectivity index (χ1n) is 4.95. The van der Waals surface area contributed by atoms with Gasteiger partial charge in [0.1, 0.15) is 0 Å². The maximum Gasteiger partial charge on any atom is 0.0296 e. The zero-order chi connectivity index (χ0) is 9.23. The molecule has 0 atom stereocenters. The van der Waals surface area contributed by atoms with Crippen molar-refractivity contribution in [3.63, 3.8) is 0 Å².